The van der Waals surface area contributed by atoms with Crippen LogP contribution in [0.25, 0.3) is 10.8 Å². The van der Waals surface area contributed by atoms with Crippen molar-refractivity contribution in [2.75, 3.05) is 20.3 Å². The number of aryl methyl sites for hydroxylation is 1. The molecule has 3 aliphatic rings. The highest BCUT2D eigenvalue weighted by atomic mass is 32.2. The number of cyclic esters (lactones) is 1. The van der Waals surface area contributed by atoms with Crippen LogP contribution in [-0.2, 0) is 35.6 Å². The van der Waals surface area contributed by atoms with Gasteiger partial charge in [-0.05, 0) is 79.5 Å². The summed E-state index contributed by atoms with van der Waals surface area (Å²) in [6, 6.07) is 3.50. The molecule has 284 valence electrons. The first-order valence-electron chi connectivity index (χ1n) is 18.0. The first kappa shape index (κ1) is 38.8. The lowest BCUT2D eigenvalue weighted by atomic mass is 9.85. The number of fused-ring (bicyclic) bond motifs is 3. The third-order valence-corrected chi connectivity index (χ3v) is 11.7. The number of ether oxygens (including phenoxy) is 3. The Kier molecular flexibility index (Phi) is 11.7. The van der Waals surface area contributed by atoms with Gasteiger partial charge in [-0.2, -0.15) is 0 Å². The largest absolute Gasteiger partial charge is 0.496 e. The molecule has 0 spiro atoms. The van der Waals surface area contributed by atoms with E-state index in [-0.39, 0.29) is 26.0 Å². The van der Waals surface area contributed by atoms with Crippen molar-refractivity contribution in [3.8, 4) is 11.6 Å². The molecule has 1 saturated carbocycles. The summed E-state index contributed by atoms with van der Waals surface area (Å²) in [5.74, 6) is -1.12. The first-order chi connectivity index (χ1) is 24.6. The van der Waals surface area contributed by atoms with Crippen molar-refractivity contribution >= 4 is 44.6 Å². The van der Waals surface area contributed by atoms with Gasteiger partial charge in [0.1, 0.15) is 29.5 Å². The Labute approximate surface area is 305 Å². The molecule has 15 heteroatoms. The third kappa shape index (κ3) is 8.62. The molecular formula is C37H51N5O9S. The van der Waals surface area contributed by atoms with Gasteiger partial charge in [0.2, 0.25) is 27.7 Å². The molecular weight excluding hydrogens is 691 g/mol. The summed E-state index contributed by atoms with van der Waals surface area (Å²) in [7, 11) is -2.32. The van der Waals surface area contributed by atoms with Crippen molar-refractivity contribution in [2.45, 2.75) is 114 Å². The lowest BCUT2D eigenvalue weighted by molar-refractivity contribution is -0.143. The van der Waals surface area contributed by atoms with Crippen LogP contribution in [0.4, 0.5) is 4.79 Å². The Morgan fingerprint density at radius 3 is 2.58 bits per heavy atom. The van der Waals surface area contributed by atoms with Crippen LogP contribution in [0.15, 0.2) is 37.1 Å². The molecule has 1 aromatic carbocycles. The van der Waals surface area contributed by atoms with Crippen LogP contribution >= 0.6 is 0 Å². The average molecular weight is 742 g/mol. The molecule has 52 heavy (non-hydrogen) atoms. The molecule has 2 fully saturated rings. The summed E-state index contributed by atoms with van der Waals surface area (Å²) < 4.78 is 45.3. The molecule has 0 radical (unpaired) electrons. The zero-order chi connectivity index (χ0) is 37.8. The maximum absolute atomic E-state index is 14.5. The molecule has 1 saturated heterocycles. The predicted molar refractivity (Wildman–Crippen MR) is 194 cm³/mol. The summed E-state index contributed by atoms with van der Waals surface area (Å²) >= 11 is 0. The van der Waals surface area contributed by atoms with E-state index in [4.69, 9.17) is 14.2 Å². The average Bonchev–Trinajstić information content (AvgIpc) is 3.88. The van der Waals surface area contributed by atoms with Crippen molar-refractivity contribution in [1.82, 2.24) is 25.2 Å². The van der Waals surface area contributed by atoms with Crippen LogP contribution in [0.5, 0.6) is 11.6 Å². The molecule has 0 unspecified atom stereocenters. The van der Waals surface area contributed by atoms with Crippen molar-refractivity contribution in [2.24, 2.45) is 5.41 Å². The molecule has 5 rings (SSSR count). The number of nitrogens with one attached hydrogen (secondary N) is 3. The number of benzene rings is 1. The van der Waals surface area contributed by atoms with E-state index in [1.54, 1.807) is 41.0 Å². The predicted octanol–water partition coefficient (Wildman–Crippen LogP) is 3.91. The minimum absolute atomic E-state index is 0.0152. The van der Waals surface area contributed by atoms with Gasteiger partial charge in [0.25, 0.3) is 5.91 Å². The first-order valence-corrected chi connectivity index (χ1v) is 19.5. The van der Waals surface area contributed by atoms with Crippen LogP contribution in [0, 0.1) is 5.41 Å². The lowest BCUT2D eigenvalue weighted by Crippen LogP contribution is -2.63. The molecule has 3 heterocycles. The van der Waals surface area contributed by atoms with E-state index in [1.165, 1.54) is 11.0 Å². The fourth-order valence-corrected chi connectivity index (χ4v) is 8.19. The zero-order valence-electron chi connectivity index (χ0n) is 30.7. The second-order valence-electron chi connectivity index (χ2n) is 15.0. The fourth-order valence-electron chi connectivity index (χ4n) is 6.82. The van der Waals surface area contributed by atoms with Gasteiger partial charge >= 0.3 is 6.09 Å². The van der Waals surface area contributed by atoms with Gasteiger partial charge in [-0.25, -0.2) is 18.2 Å². The van der Waals surface area contributed by atoms with E-state index in [0.717, 1.165) is 34.9 Å². The van der Waals surface area contributed by atoms with Gasteiger partial charge in [-0.3, -0.25) is 19.1 Å². The summed E-state index contributed by atoms with van der Waals surface area (Å²) in [4.78, 5) is 61.3. The molecule has 4 atom stereocenters. The van der Waals surface area contributed by atoms with Crippen molar-refractivity contribution in [3.05, 3.63) is 42.6 Å². The van der Waals surface area contributed by atoms with E-state index in [2.05, 4.69) is 26.9 Å². The molecule has 14 nitrogen and oxygen atoms in total. The van der Waals surface area contributed by atoms with Crippen molar-refractivity contribution < 1.29 is 41.8 Å². The molecule has 4 amide bonds. The molecule has 2 aliphatic heterocycles. The number of rotatable bonds is 9. The van der Waals surface area contributed by atoms with Gasteiger partial charge in [-0.15, -0.1) is 6.58 Å². The second-order valence-corrected chi connectivity index (χ2v) is 16.9. The molecule has 2 aromatic rings. The summed E-state index contributed by atoms with van der Waals surface area (Å²) in [5, 5.41) is 6.41. The smallest absolute Gasteiger partial charge is 0.407 e. The third-order valence-electron chi connectivity index (χ3n) is 9.90. The second kappa shape index (κ2) is 15.7. The number of sulfonamides is 1. The summed E-state index contributed by atoms with van der Waals surface area (Å²) in [5.41, 5.74) is -1.63. The van der Waals surface area contributed by atoms with Crippen LogP contribution < -0.4 is 24.8 Å². The highest BCUT2D eigenvalue weighted by Gasteiger charge is 2.49. The lowest BCUT2D eigenvalue weighted by Gasteiger charge is -2.36. The van der Waals surface area contributed by atoms with Crippen LogP contribution in [0.1, 0.15) is 84.6 Å². The van der Waals surface area contributed by atoms with Gasteiger partial charge < -0.3 is 29.7 Å². The van der Waals surface area contributed by atoms with Gasteiger partial charge in [0, 0.05) is 18.0 Å². The minimum atomic E-state index is -3.94. The molecule has 3 N–H and O–H groups in total. The normalized spacial score (nSPS) is 22.9. The molecule has 1 aliphatic carbocycles. The summed E-state index contributed by atoms with van der Waals surface area (Å²) in [6.07, 6.45) is 5.66. The number of nitrogens with zero attached hydrogens (tertiary/aromatic N) is 2. The SMILES string of the molecule is C=C[C@](CCC)(NC(=O)[C@@H]1C[C@@H]2CN1C(=O)[C@H](C(C)(C)C)NC(=O)OCCCCCc1cc3c(nccc3cc1OC)O2)C(=O)NS(=O)(=O)C1CC1. The van der Waals surface area contributed by atoms with Gasteiger partial charge in [-0.1, -0.05) is 40.2 Å². The molecule has 1 aromatic heterocycles. The van der Waals surface area contributed by atoms with E-state index >= 15 is 0 Å². The van der Waals surface area contributed by atoms with Crippen molar-refractivity contribution in [1.29, 1.82) is 0 Å². The Balaban J connectivity index is 1.53. The van der Waals surface area contributed by atoms with Crippen molar-refractivity contribution in [3.63, 3.8) is 0 Å². The van der Waals surface area contributed by atoms with Crippen LogP contribution in [-0.4, -0.2) is 91.4 Å². The number of hydrogen-bond donors (Lipinski definition) is 3. The Morgan fingerprint density at radius 1 is 1.17 bits per heavy atom. The number of aromatic nitrogens is 1. The maximum atomic E-state index is 14.5. The number of pyridine rings is 1. The van der Waals surface area contributed by atoms with E-state index < -0.39 is 68.2 Å². The fraction of sp³-hybridized carbons (Fsp3) is 0.595. The molecule has 4 bridgehead atoms. The number of carbonyl (C=O) groups is 4. The van der Waals surface area contributed by atoms with Crippen LogP contribution in [0.2, 0.25) is 0 Å². The zero-order valence-corrected chi connectivity index (χ0v) is 31.5. The van der Waals surface area contributed by atoms with Gasteiger partial charge in [0.15, 0.2) is 0 Å². The number of amides is 4. The van der Waals surface area contributed by atoms with Crippen LogP contribution in [0.3, 0.4) is 0 Å². The Hall–Kier alpha value is -4.40. The Morgan fingerprint density at radius 2 is 1.92 bits per heavy atom. The minimum Gasteiger partial charge on any atom is -0.496 e. The summed E-state index contributed by atoms with van der Waals surface area (Å²) in [6.45, 7) is 11.1. The van der Waals surface area contributed by atoms with E-state index in [0.29, 0.717) is 38.0 Å². The van der Waals surface area contributed by atoms with E-state index in [1.807, 2.05) is 18.2 Å². The topological polar surface area (TPSA) is 182 Å². The highest BCUT2D eigenvalue weighted by Crippen LogP contribution is 2.35. The number of hydrogen-bond acceptors (Lipinski definition) is 10. The standard InChI is InChI=1S/C37H51N5O9S/c1-7-16-37(8-2,34(45)41-52(47,48)26-13-14-26)40-31(43)28-21-25-22-42(28)33(44)30(36(3,4)5)39-35(46)50-18-11-9-10-12-24-19-27-23(20-29(24)49-6)15-17-38-32(27)51-25/h8,15,17,19-20,25-26,28,30H,2,7,9-14,16,18,21-22H2,1,3-6H3,(H,39,46)(H,40,43)(H,41,45)/t25-,28+,30-,37-/m1/s1. The number of carbonyl (C=O) groups excluding carboxylic acids is 4. The quantitative estimate of drug-likeness (QED) is 0.319. The Bertz CT molecular complexity index is 1810. The highest BCUT2D eigenvalue weighted by molar-refractivity contribution is 7.91. The maximum Gasteiger partial charge on any atom is 0.407 e. The monoisotopic (exact) mass is 741 g/mol. The number of alkyl carbamates (subject to hydrolysis) is 1. The van der Waals surface area contributed by atoms with Gasteiger partial charge in [0.05, 0.1) is 25.5 Å². The number of methoxy groups -OCH3 is 1. The van der Waals surface area contributed by atoms with E-state index in [9.17, 15) is 27.6 Å².